The van der Waals surface area contributed by atoms with Crippen LogP contribution in [0.1, 0.15) is 0 Å². The first-order valence-corrected chi connectivity index (χ1v) is 8.38. The molecule has 0 aliphatic carbocycles. The van der Waals surface area contributed by atoms with Gasteiger partial charge in [-0.05, 0) is 23.6 Å². The Labute approximate surface area is 145 Å². The van der Waals surface area contributed by atoms with Crippen LogP contribution >= 0.6 is 11.3 Å². The fourth-order valence-corrected chi connectivity index (χ4v) is 3.01. The summed E-state index contributed by atoms with van der Waals surface area (Å²) in [6.45, 7) is 0.715. The molecule has 0 atom stereocenters. The van der Waals surface area contributed by atoms with Gasteiger partial charge in [0.15, 0.2) is 11.5 Å². The van der Waals surface area contributed by atoms with Crippen LogP contribution in [0.15, 0.2) is 44.9 Å². The number of benzene rings is 1. The van der Waals surface area contributed by atoms with Gasteiger partial charge >= 0.3 is 5.76 Å². The van der Waals surface area contributed by atoms with E-state index in [0.717, 1.165) is 9.56 Å². The summed E-state index contributed by atoms with van der Waals surface area (Å²) in [5.74, 6) is 0.331. The summed E-state index contributed by atoms with van der Waals surface area (Å²) < 4.78 is 17.0. The number of hydrogen-bond donors (Lipinski definition) is 1. The van der Waals surface area contributed by atoms with Crippen molar-refractivity contribution in [2.75, 3.05) is 18.5 Å². The van der Waals surface area contributed by atoms with Crippen molar-refractivity contribution in [3.05, 3.63) is 46.3 Å². The molecule has 8 nitrogen and oxygen atoms in total. The number of carbonyl (C=O) groups excluding carboxylic acids is 1. The van der Waals surface area contributed by atoms with E-state index in [1.807, 2.05) is 11.4 Å². The van der Waals surface area contributed by atoms with E-state index in [2.05, 4.69) is 10.4 Å². The summed E-state index contributed by atoms with van der Waals surface area (Å²) in [7, 11) is 0. The Bertz CT molecular complexity index is 961. The van der Waals surface area contributed by atoms with Crippen LogP contribution in [-0.2, 0) is 11.3 Å². The molecule has 0 spiro atoms. The maximum absolute atomic E-state index is 12.2. The maximum Gasteiger partial charge on any atom is 0.437 e. The number of fused-ring (bicyclic) bond motifs is 1. The van der Waals surface area contributed by atoms with E-state index in [-0.39, 0.29) is 12.4 Å². The molecular weight excluding hydrogens is 346 g/mol. The zero-order valence-electron chi connectivity index (χ0n) is 12.9. The summed E-state index contributed by atoms with van der Waals surface area (Å²) >= 11 is 1.40. The van der Waals surface area contributed by atoms with E-state index in [9.17, 15) is 9.59 Å². The van der Waals surface area contributed by atoms with Gasteiger partial charge in [0.1, 0.15) is 19.8 Å². The van der Waals surface area contributed by atoms with Crippen LogP contribution in [0, 0.1) is 0 Å². The van der Waals surface area contributed by atoms with E-state index in [0.29, 0.717) is 30.4 Å². The lowest BCUT2D eigenvalue weighted by molar-refractivity contribution is -0.117. The molecule has 9 heteroatoms. The number of nitrogens with one attached hydrogen (secondary N) is 1. The number of aromatic nitrogens is 2. The second-order valence-corrected chi connectivity index (χ2v) is 6.16. The van der Waals surface area contributed by atoms with Crippen LogP contribution in [-0.4, -0.2) is 28.9 Å². The van der Waals surface area contributed by atoms with Crippen LogP contribution in [0.2, 0.25) is 0 Å². The Balaban J connectivity index is 1.47. The Morgan fingerprint density at radius 1 is 1.24 bits per heavy atom. The Morgan fingerprint density at radius 2 is 2.08 bits per heavy atom. The number of carbonyl (C=O) groups is 1. The third-order valence-corrected chi connectivity index (χ3v) is 4.32. The number of anilines is 1. The molecule has 2 aromatic heterocycles. The summed E-state index contributed by atoms with van der Waals surface area (Å²) in [4.78, 5) is 24.7. The molecule has 0 saturated heterocycles. The van der Waals surface area contributed by atoms with Crippen LogP contribution in [0.4, 0.5) is 5.69 Å². The standard InChI is InChI=1S/C16H13N3O5S/c20-14(17-10-3-4-11-12(8-10)23-6-5-22-11)9-19-16(21)24-15(18-19)13-2-1-7-25-13/h1-4,7-8H,5-6,9H2,(H,17,20). The van der Waals surface area contributed by atoms with E-state index in [1.54, 1.807) is 24.3 Å². The lowest BCUT2D eigenvalue weighted by Crippen LogP contribution is -2.26. The highest BCUT2D eigenvalue weighted by Gasteiger charge is 2.16. The molecule has 0 radical (unpaired) electrons. The van der Waals surface area contributed by atoms with Crippen molar-refractivity contribution < 1.29 is 18.7 Å². The zero-order chi connectivity index (χ0) is 17.2. The fraction of sp³-hybridized carbons (Fsp3) is 0.188. The van der Waals surface area contributed by atoms with Crippen LogP contribution in [0.5, 0.6) is 11.5 Å². The van der Waals surface area contributed by atoms with E-state index < -0.39 is 11.7 Å². The van der Waals surface area contributed by atoms with Crippen molar-refractivity contribution in [2.24, 2.45) is 0 Å². The molecule has 0 fully saturated rings. The van der Waals surface area contributed by atoms with E-state index in [4.69, 9.17) is 13.9 Å². The van der Waals surface area contributed by atoms with Crippen molar-refractivity contribution in [3.63, 3.8) is 0 Å². The second kappa shape index (κ2) is 6.44. The molecule has 0 bridgehead atoms. The summed E-state index contributed by atoms with van der Waals surface area (Å²) in [6.07, 6.45) is 0. The zero-order valence-corrected chi connectivity index (χ0v) is 13.7. The molecule has 0 saturated carbocycles. The summed E-state index contributed by atoms with van der Waals surface area (Å²) in [6, 6.07) is 8.72. The highest BCUT2D eigenvalue weighted by molar-refractivity contribution is 7.13. The van der Waals surface area contributed by atoms with Gasteiger partial charge in [0, 0.05) is 11.8 Å². The fourth-order valence-electron chi connectivity index (χ4n) is 2.36. The minimum Gasteiger partial charge on any atom is -0.486 e. The highest BCUT2D eigenvalue weighted by atomic mass is 32.1. The van der Waals surface area contributed by atoms with Crippen molar-refractivity contribution >= 4 is 22.9 Å². The van der Waals surface area contributed by atoms with E-state index >= 15 is 0 Å². The molecule has 1 N–H and O–H groups in total. The molecule has 4 rings (SSSR count). The van der Waals surface area contributed by atoms with Gasteiger partial charge in [0.05, 0.1) is 4.88 Å². The monoisotopic (exact) mass is 359 g/mol. The highest BCUT2D eigenvalue weighted by Crippen LogP contribution is 2.32. The van der Waals surface area contributed by atoms with Gasteiger partial charge in [-0.1, -0.05) is 6.07 Å². The first-order chi connectivity index (χ1) is 12.2. The molecule has 3 heterocycles. The molecular formula is C16H13N3O5S. The van der Waals surface area contributed by atoms with E-state index in [1.165, 1.54) is 11.3 Å². The molecule has 0 unspecified atom stereocenters. The van der Waals surface area contributed by atoms with Crippen molar-refractivity contribution in [3.8, 4) is 22.3 Å². The molecule has 128 valence electrons. The normalized spacial score (nSPS) is 12.8. The Kier molecular flexibility index (Phi) is 3.98. The van der Waals surface area contributed by atoms with Crippen molar-refractivity contribution in [2.45, 2.75) is 6.54 Å². The smallest absolute Gasteiger partial charge is 0.437 e. The number of ether oxygens (including phenoxy) is 2. The number of thiophene rings is 1. The maximum atomic E-state index is 12.2. The molecule has 1 aliphatic rings. The molecule has 3 aromatic rings. The number of hydrogen-bond acceptors (Lipinski definition) is 7. The number of rotatable bonds is 4. The molecule has 25 heavy (non-hydrogen) atoms. The molecule has 1 aromatic carbocycles. The first-order valence-electron chi connectivity index (χ1n) is 7.50. The summed E-state index contributed by atoms with van der Waals surface area (Å²) in [5.41, 5.74) is 0.546. The van der Waals surface area contributed by atoms with Gasteiger partial charge in [-0.2, -0.15) is 4.68 Å². The van der Waals surface area contributed by atoms with Gasteiger partial charge in [0.2, 0.25) is 5.91 Å². The van der Waals surface area contributed by atoms with Gasteiger partial charge in [-0.3, -0.25) is 4.79 Å². The molecule has 1 aliphatic heterocycles. The lowest BCUT2D eigenvalue weighted by Gasteiger charge is -2.18. The van der Waals surface area contributed by atoms with Gasteiger partial charge in [0.25, 0.3) is 5.89 Å². The Hall–Kier alpha value is -3.07. The quantitative estimate of drug-likeness (QED) is 0.765. The van der Waals surface area contributed by atoms with Crippen molar-refractivity contribution in [1.82, 2.24) is 9.78 Å². The van der Waals surface area contributed by atoms with Gasteiger partial charge in [-0.25, -0.2) is 4.79 Å². The number of nitrogens with zero attached hydrogens (tertiary/aromatic N) is 2. The topological polar surface area (TPSA) is 95.6 Å². The minimum absolute atomic E-state index is 0.201. The predicted molar refractivity (Wildman–Crippen MR) is 90.1 cm³/mol. The van der Waals surface area contributed by atoms with Gasteiger partial charge < -0.3 is 19.2 Å². The largest absolute Gasteiger partial charge is 0.486 e. The van der Waals surface area contributed by atoms with Crippen LogP contribution < -0.4 is 20.5 Å². The third kappa shape index (κ3) is 3.26. The Morgan fingerprint density at radius 3 is 2.88 bits per heavy atom. The summed E-state index contributed by atoms with van der Waals surface area (Å²) in [5, 5.41) is 8.60. The van der Waals surface area contributed by atoms with Gasteiger partial charge in [-0.15, -0.1) is 16.4 Å². The average molecular weight is 359 g/mol. The predicted octanol–water partition coefficient (Wildman–Crippen LogP) is 1.97. The van der Waals surface area contributed by atoms with Crippen molar-refractivity contribution in [1.29, 1.82) is 0 Å². The van der Waals surface area contributed by atoms with Crippen LogP contribution in [0.25, 0.3) is 10.8 Å². The van der Waals surface area contributed by atoms with Crippen LogP contribution in [0.3, 0.4) is 0 Å². The third-order valence-electron chi connectivity index (χ3n) is 3.46. The lowest BCUT2D eigenvalue weighted by atomic mass is 10.2. The SMILES string of the molecule is O=C(Cn1nc(-c2cccs2)oc1=O)Nc1ccc2c(c1)OCCO2. The second-order valence-electron chi connectivity index (χ2n) is 5.21. The molecule has 1 amide bonds. The first kappa shape index (κ1) is 15.5. The minimum atomic E-state index is -0.680. The number of amides is 1. The average Bonchev–Trinajstić information content (AvgIpc) is 3.25.